The number of rotatable bonds is 6. The monoisotopic (exact) mass is 350 g/mol. The average molecular weight is 351 g/mol. The van der Waals surface area contributed by atoms with Crippen LogP contribution in [0.2, 0.25) is 0 Å². The predicted molar refractivity (Wildman–Crippen MR) is 87.0 cm³/mol. The Labute approximate surface area is 133 Å². The zero-order valence-corrected chi connectivity index (χ0v) is 13.8. The number of hydrogen-bond acceptors (Lipinski definition) is 3. The molecule has 1 unspecified atom stereocenters. The van der Waals surface area contributed by atoms with Gasteiger partial charge in [-0.15, -0.1) is 0 Å². The van der Waals surface area contributed by atoms with Crippen molar-refractivity contribution in [1.29, 1.82) is 0 Å². The maximum Gasteiger partial charge on any atom is 0.133 e. The van der Waals surface area contributed by atoms with Crippen molar-refractivity contribution < 1.29 is 14.6 Å². The fraction of sp³-hybridized carbons (Fsp3) is 0.294. The number of aliphatic hydroxyl groups is 1. The molecule has 0 fully saturated rings. The Morgan fingerprint density at radius 2 is 1.90 bits per heavy atom. The third-order valence-corrected chi connectivity index (χ3v) is 3.79. The SMILES string of the molecule is CCCOc1ccccc1C(O)c1ccc(OC)c(Br)c1. The molecule has 3 nitrogen and oxygen atoms in total. The van der Waals surface area contributed by atoms with E-state index in [9.17, 15) is 5.11 Å². The average Bonchev–Trinajstić information content (AvgIpc) is 2.52. The van der Waals surface area contributed by atoms with Crippen LogP contribution in [0.25, 0.3) is 0 Å². The molecule has 0 saturated carbocycles. The van der Waals surface area contributed by atoms with Gasteiger partial charge in [-0.3, -0.25) is 0 Å². The van der Waals surface area contributed by atoms with E-state index in [-0.39, 0.29) is 0 Å². The summed E-state index contributed by atoms with van der Waals surface area (Å²) in [5, 5.41) is 10.6. The summed E-state index contributed by atoms with van der Waals surface area (Å²) in [6.45, 7) is 2.69. The largest absolute Gasteiger partial charge is 0.496 e. The van der Waals surface area contributed by atoms with Crippen LogP contribution in [0.1, 0.15) is 30.6 Å². The molecule has 0 spiro atoms. The molecule has 0 heterocycles. The highest BCUT2D eigenvalue weighted by molar-refractivity contribution is 9.10. The van der Waals surface area contributed by atoms with Gasteiger partial charge in [0.2, 0.25) is 0 Å². The van der Waals surface area contributed by atoms with E-state index in [1.54, 1.807) is 7.11 Å². The molecule has 1 atom stereocenters. The first-order valence-corrected chi connectivity index (χ1v) is 7.70. The minimum Gasteiger partial charge on any atom is -0.496 e. The molecular weight excluding hydrogens is 332 g/mol. The minimum atomic E-state index is -0.736. The molecule has 4 heteroatoms. The zero-order chi connectivity index (χ0) is 15.2. The summed E-state index contributed by atoms with van der Waals surface area (Å²) >= 11 is 3.44. The molecule has 1 N–H and O–H groups in total. The summed E-state index contributed by atoms with van der Waals surface area (Å²) in [4.78, 5) is 0. The van der Waals surface area contributed by atoms with Crippen LogP contribution in [0.15, 0.2) is 46.9 Å². The van der Waals surface area contributed by atoms with E-state index in [0.29, 0.717) is 6.61 Å². The smallest absolute Gasteiger partial charge is 0.133 e. The second kappa shape index (κ2) is 7.48. The van der Waals surface area contributed by atoms with Crippen LogP contribution in [0.4, 0.5) is 0 Å². The Morgan fingerprint density at radius 1 is 1.14 bits per heavy atom. The zero-order valence-electron chi connectivity index (χ0n) is 12.2. The molecule has 2 aromatic carbocycles. The maximum atomic E-state index is 10.6. The standard InChI is InChI=1S/C17H19BrO3/c1-3-10-21-15-7-5-4-6-13(15)17(19)12-8-9-16(20-2)14(18)11-12/h4-9,11,17,19H,3,10H2,1-2H3. The summed E-state index contributed by atoms with van der Waals surface area (Å²) in [5.41, 5.74) is 1.55. The van der Waals surface area contributed by atoms with Gasteiger partial charge in [-0.25, -0.2) is 0 Å². The van der Waals surface area contributed by atoms with Crippen LogP contribution in [-0.2, 0) is 0 Å². The molecule has 0 saturated heterocycles. The Balaban J connectivity index is 2.31. The van der Waals surface area contributed by atoms with Crippen LogP contribution in [0.5, 0.6) is 11.5 Å². The minimum absolute atomic E-state index is 0.635. The Hall–Kier alpha value is -1.52. The van der Waals surface area contributed by atoms with Crippen molar-refractivity contribution in [3.8, 4) is 11.5 Å². The quantitative estimate of drug-likeness (QED) is 0.842. The number of aliphatic hydroxyl groups excluding tert-OH is 1. The first-order valence-electron chi connectivity index (χ1n) is 6.90. The first-order chi connectivity index (χ1) is 10.2. The molecule has 0 bridgehead atoms. The number of halogens is 1. The first kappa shape index (κ1) is 15.9. The van der Waals surface area contributed by atoms with Gasteiger partial charge in [0.05, 0.1) is 18.2 Å². The van der Waals surface area contributed by atoms with Gasteiger partial charge in [0.25, 0.3) is 0 Å². The van der Waals surface area contributed by atoms with Crippen molar-refractivity contribution >= 4 is 15.9 Å². The van der Waals surface area contributed by atoms with Crippen molar-refractivity contribution in [3.63, 3.8) is 0 Å². The number of ether oxygens (including phenoxy) is 2. The van der Waals surface area contributed by atoms with Crippen LogP contribution >= 0.6 is 15.9 Å². The molecule has 0 amide bonds. The molecular formula is C17H19BrO3. The van der Waals surface area contributed by atoms with E-state index >= 15 is 0 Å². The summed E-state index contributed by atoms with van der Waals surface area (Å²) < 4.78 is 11.7. The van der Waals surface area contributed by atoms with Crippen LogP contribution in [0, 0.1) is 0 Å². The molecule has 0 aliphatic rings. The highest BCUT2D eigenvalue weighted by Gasteiger charge is 2.16. The number of benzene rings is 2. The maximum absolute atomic E-state index is 10.6. The van der Waals surface area contributed by atoms with E-state index in [1.165, 1.54) is 0 Å². The van der Waals surface area contributed by atoms with E-state index in [0.717, 1.165) is 33.5 Å². The van der Waals surface area contributed by atoms with Gasteiger partial charge in [0, 0.05) is 5.56 Å². The second-order valence-electron chi connectivity index (χ2n) is 4.68. The lowest BCUT2D eigenvalue weighted by Gasteiger charge is -2.17. The van der Waals surface area contributed by atoms with Gasteiger partial charge in [0.15, 0.2) is 0 Å². The highest BCUT2D eigenvalue weighted by Crippen LogP contribution is 2.34. The van der Waals surface area contributed by atoms with Crippen molar-refractivity contribution in [2.75, 3.05) is 13.7 Å². The van der Waals surface area contributed by atoms with Crippen molar-refractivity contribution in [3.05, 3.63) is 58.1 Å². The van der Waals surface area contributed by atoms with Crippen LogP contribution in [-0.4, -0.2) is 18.8 Å². The molecule has 2 aromatic rings. The molecule has 0 aromatic heterocycles. The van der Waals surface area contributed by atoms with Gasteiger partial charge < -0.3 is 14.6 Å². The third kappa shape index (κ3) is 3.77. The topological polar surface area (TPSA) is 38.7 Å². The molecule has 112 valence electrons. The van der Waals surface area contributed by atoms with Crippen molar-refractivity contribution in [1.82, 2.24) is 0 Å². The molecule has 0 aliphatic carbocycles. The number of methoxy groups -OCH3 is 1. The lowest BCUT2D eigenvalue weighted by atomic mass is 10.0. The van der Waals surface area contributed by atoms with E-state index in [4.69, 9.17) is 9.47 Å². The molecule has 21 heavy (non-hydrogen) atoms. The predicted octanol–water partition coefficient (Wildman–Crippen LogP) is 4.33. The van der Waals surface area contributed by atoms with Gasteiger partial charge in [-0.2, -0.15) is 0 Å². The Morgan fingerprint density at radius 3 is 2.57 bits per heavy atom. The second-order valence-corrected chi connectivity index (χ2v) is 5.54. The van der Waals surface area contributed by atoms with E-state index in [1.807, 2.05) is 42.5 Å². The Kier molecular flexibility index (Phi) is 5.65. The van der Waals surface area contributed by atoms with E-state index < -0.39 is 6.10 Å². The number of hydrogen-bond donors (Lipinski definition) is 1. The normalized spacial score (nSPS) is 12.0. The lowest BCUT2D eigenvalue weighted by molar-refractivity contribution is 0.210. The van der Waals surface area contributed by atoms with Crippen molar-refractivity contribution in [2.45, 2.75) is 19.4 Å². The summed E-state index contributed by atoms with van der Waals surface area (Å²) in [7, 11) is 1.62. The van der Waals surface area contributed by atoms with Crippen LogP contribution in [0.3, 0.4) is 0 Å². The molecule has 2 rings (SSSR count). The highest BCUT2D eigenvalue weighted by atomic mass is 79.9. The summed E-state index contributed by atoms with van der Waals surface area (Å²) in [5.74, 6) is 1.46. The van der Waals surface area contributed by atoms with Crippen molar-refractivity contribution in [2.24, 2.45) is 0 Å². The fourth-order valence-electron chi connectivity index (χ4n) is 2.08. The lowest BCUT2D eigenvalue weighted by Crippen LogP contribution is -2.05. The van der Waals surface area contributed by atoms with Gasteiger partial charge in [0.1, 0.15) is 17.6 Å². The molecule has 0 aliphatic heterocycles. The summed E-state index contributed by atoms with van der Waals surface area (Å²) in [6, 6.07) is 13.1. The third-order valence-electron chi connectivity index (χ3n) is 3.17. The van der Waals surface area contributed by atoms with Gasteiger partial charge in [-0.05, 0) is 46.1 Å². The van der Waals surface area contributed by atoms with E-state index in [2.05, 4.69) is 22.9 Å². The Bertz CT molecular complexity index is 598. The van der Waals surface area contributed by atoms with Gasteiger partial charge in [-0.1, -0.05) is 31.2 Å². The van der Waals surface area contributed by atoms with Gasteiger partial charge >= 0.3 is 0 Å². The summed E-state index contributed by atoms with van der Waals surface area (Å²) in [6.07, 6.45) is 0.193. The van der Waals surface area contributed by atoms with Crippen LogP contribution < -0.4 is 9.47 Å². The number of para-hydroxylation sites is 1. The fourth-order valence-corrected chi connectivity index (χ4v) is 2.64. The molecule has 0 radical (unpaired) electrons.